The van der Waals surface area contributed by atoms with Gasteiger partial charge in [0.1, 0.15) is 23.4 Å². The van der Waals surface area contributed by atoms with Crippen molar-refractivity contribution in [2.75, 3.05) is 13.7 Å². The molecule has 2 unspecified atom stereocenters. The van der Waals surface area contributed by atoms with E-state index in [1.807, 2.05) is 0 Å². The van der Waals surface area contributed by atoms with Gasteiger partial charge in [0.15, 0.2) is 6.23 Å². The van der Waals surface area contributed by atoms with Crippen LogP contribution in [0.25, 0.3) is 0 Å². The predicted octanol–water partition coefficient (Wildman–Crippen LogP) is -1.36. The normalized spacial score (nSPS) is 32.1. The molecule has 0 bridgehead atoms. The van der Waals surface area contributed by atoms with E-state index in [2.05, 4.69) is 4.74 Å². The molecule has 0 aliphatic carbocycles. The van der Waals surface area contributed by atoms with Gasteiger partial charge in [0.05, 0.1) is 13.7 Å². The molecular formula is C13H17NO7. The molecule has 1 aromatic rings. The van der Waals surface area contributed by atoms with Gasteiger partial charge in [-0.2, -0.15) is 0 Å². The van der Waals surface area contributed by atoms with Gasteiger partial charge in [0.2, 0.25) is 0 Å². The summed E-state index contributed by atoms with van der Waals surface area (Å²) >= 11 is 0. The van der Waals surface area contributed by atoms with E-state index < -0.39 is 42.2 Å². The van der Waals surface area contributed by atoms with Crippen LogP contribution in [0.2, 0.25) is 0 Å². The highest BCUT2D eigenvalue weighted by Gasteiger charge is 2.53. The Labute approximate surface area is 120 Å². The number of rotatable bonds is 3. The average molecular weight is 299 g/mol. The Balaban J connectivity index is 2.48. The summed E-state index contributed by atoms with van der Waals surface area (Å²) in [7, 11) is 1.15. The van der Waals surface area contributed by atoms with Crippen LogP contribution in [0, 0.1) is 0 Å². The monoisotopic (exact) mass is 299 g/mol. The van der Waals surface area contributed by atoms with Crippen LogP contribution >= 0.6 is 0 Å². The first-order valence-electron chi connectivity index (χ1n) is 6.30. The van der Waals surface area contributed by atoms with E-state index in [1.54, 1.807) is 0 Å². The first-order chi connectivity index (χ1) is 9.84. The second-order valence-electron chi connectivity index (χ2n) is 5.01. The van der Waals surface area contributed by atoms with Crippen molar-refractivity contribution in [1.29, 1.82) is 0 Å². The van der Waals surface area contributed by atoms with Gasteiger partial charge in [-0.05, 0) is 19.1 Å². The Morgan fingerprint density at radius 3 is 2.76 bits per heavy atom. The van der Waals surface area contributed by atoms with Gasteiger partial charge in [0.25, 0.3) is 5.56 Å². The molecule has 8 heteroatoms. The van der Waals surface area contributed by atoms with Crippen LogP contribution in [0.3, 0.4) is 0 Å². The zero-order valence-electron chi connectivity index (χ0n) is 11.6. The molecule has 3 N–H and O–H groups in total. The van der Waals surface area contributed by atoms with E-state index in [4.69, 9.17) is 9.84 Å². The van der Waals surface area contributed by atoms with E-state index in [0.29, 0.717) is 0 Å². The number of esters is 1. The predicted molar refractivity (Wildman–Crippen MR) is 69.7 cm³/mol. The van der Waals surface area contributed by atoms with Crippen LogP contribution in [0.4, 0.5) is 0 Å². The molecule has 1 aromatic heterocycles. The number of ether oxygens (including phenoxy) is 2. The number of carbonyl (C=O) groups is 1. The van der Waals surface area contributed by atoms with E-state index >= 15 is 0 Å². The lowest BCUT2D eigenvalue weighted by molar-refractivity contribution is -0.0982. The number of nitrogens with zero attached hydrogens (tertiary/aromatic N) is 1. The lowest BCUT2D eigenvalue weighted by Crippen LogP contribution is -2.46. The molecule has 116 valence electrons. The number of aliphatic hydroxyl groups excluding tert-OH is 2. The zero-order valence-corrected chi connectivity index (χ0v) is 11.6. The largest absolute Gasteiger partial charge is 0.465 e. The quantitative estimate of drug-likeness (QED) is 0.590. The van der Waals surface area contributed by atoms with Crippen molar-refractivity contribution >= 4 is 5.97 Å². The summed E-state index contributed by atoms with van der Waals surface area (Å²) in [6.07, 6.45) is -2.32. The van der Waals surface area contributed by atoms with Crippen molar-refractivity contribution < 1.29 is 29.6 Å². The topological polar surface area (TPSA) is 118 Å². The summed E-state index contributed by atoms with van der Waals surface area (Å²) in [5.74, 6) is -0.814. The molecule has 2 rings (SSSR count). The summed E-state index contributed by atoms with van der Waals surface area (Å²) in [5.41, 5.74) is -2.74. The number of aromatic nitrogens is 1. The Morgan fingerprint density at radius 1 is 1.57 bits per heavy atom. The lowest BCUT2D eigenvalue weighted by Gasteiger charge is -2.27. The molecule has 0 saturated carbocycles. The zero-order chi connectivity index (χ0) is 15.8. The van der Waals surface area contributed by atoms with Crippen LogP contribution in [0.1, 0.15) is 23.5 Å². The van der Waals surface area contributed by atoms with Gasteiger partial charge < -0.3 is 24.8 Å². The first-order valence-corrected chi connectivity index (χ1v) is 6.30. The molecule has 1 fully saturated rings. The van der Waals surface area contributed by atoms with Crippen LogP contribution in [-0.4, -0.2) is 57.4 Å². The Bertz CT molecular complexity index is 594. The van der Waals surface area contributed by atoms with Crippen molar-refractivity contribution in [2.24, 2.45) is 0 Å². The number of methoxy groups -OCH3 is 1. The van der Waals surface area contributed by atoms with Crippen molar-refractivity contribution in [3.8, 4) is 0 Å². The minimum absolute atomic E-state index is 0.221. The molecule has 4 atom stereocenters. The van der Waals surface area contributed by atoms with Gasteiger partial charge in [-0.1, -0.05) is 0 Å². The highest BCUT2D eigenvalue weighted by molar-refractivity contribution is 5.88. The van der Waals surface area contributed by atoms with Crippen molar-refractivity contribution in [1.82, 2.24) is 4.57 Å². The highest BCUT2D eigenvalue weighted by Crippen LogP contribution is 2.37. The maximum atomic E-state index is 12.3. The smallest absolute Gasteiger partial charge is 0.343 e. The van der Waals surface area contributed by atoms with Crippen molar-refractivity contribution in [2.45, 2.75) is 31.0 Å². The fraction of sp³-hybridized carbons (Fsp3) is 0.538. The standard InChI is InChI=1S/C13H17NO7/c1-13(19)9(16)8(6-15)21-12(13)14-5-3-4-7(10(14)17)11(18)20-2/h3-5,8-9,12,15-16,19H,6H2,1-2H3/t8-,9?,12-,13?/m1/s1. The summed E-state index contributed by atoms with van der Waals surface area (Å²) < 4.78 is 10.8. The van der Waals surface area contributed by atoms with Gasteiger partial charge in [-0.15, -0.1) is 0 Å². The third kappa shape index (κ3) is 2.46. The molecule has 8 nitrogen and oxygen atoms in total. The first kappa shape index (κ1) is 15.6. The molecule has 1 aliphatic heterocycles. The number of pyridine rings is 1. The summed E-state index contributed by atoms with van der Waals surface area (Å²) in [6.45, 7) is 0.772. The van der Waals surface area contributed by atoms with Crippen LogP contribution < -0.4 is 5.56 Å². The molecular weight excluding hydrogens is 282 g/mol. The van der Waals surface area contributed by atoms with E-state index in [1.165, 1.54) is 25.3 Å². The molecule has 0 spiro atoms. The molecule has 2 heterocycles. The SMILES string of the molecule is COC(=O)c1cccn([C@@H]2O[C@H](CO)C(O)C2(C)O)c1=O. The van der Waals surface area contributed by atoms with E-state index in [9.17, 15) is 19.8 Å². The van der Waals surface area contributed by atoms with Gasteiger partial charge in [-0.25, -0.2) is 4.79 Å². The second kappa shape index (κ2) is 5.57. The minimum atomic E-state index is -1.80. The second-order valence-corrected chi connectivity index (χ2v) is 5.01. The van der Waals surface area contributed by atoms with E-state index in [0.717, 1.165) is 11.7 Å². The molecule has 1 saturated heterocycles. The van der Waals surface area contributed by atoms with Gasteiger partial charge >= 0.3 is 5.97 Å². The minimum Gasteiger partial charge on any atom is -0.465 e. The number of aliphatic hydroxyl groups is 3. The van der Waals surface area contributed by atoms with Gasteiger partial charge in [-0.3, -0.25) is 9.36 Å². The van der Waals surface area contributed by atoms with Crippen LogP contribution in [0.5, 0.6) is 0 Å². The van der Waals surface area contributed by atoms with E-state index in [-0.39, 0.29) is 5.56 Å². The Morgan fingerprint density at radius 2 is 2.24 bits per heavy atom. The molecule has 0 amide bonds. The molecule has 21 heavy (non-hydrogen) atoms. The lowest BCUT2D eigenvalue weighted by atomic mass is 9.96. The van der Waals surface area contributed by atoms with Crippen molar-refractivity contribution in [3.63, 3.8) is 0 Å². The van der Waals surface area contributed by atoms with Crippen LogP contribution in [-0.2, 0) is 9.47 Å². The summed E-state index contributed by atoms with van der Waals surface area (Å²) in [4.78, 5) is 23.8. The molecule has 0 aromatic carbocycles. The third-order valence-electron chi connectivity index (χ3n) is 3.57. The molecule has 0 radical (unpaired) electrons. The van der Waals surface area contributed by atoms with Crippen LogP contribution in [0.15, 0.2) is 23.1 Å². The Kier molecular flexibility index (Phi) is 4.15. The number of carbonyl (C=O) groups excluding carboxylic acids is 1. The maximum absolute atomic E-state index is 12.3. The number of hydrogen-bond donors (Lipinski definition) is 3. The number of hydrogen-bond acceptors (Lipinski definition) is 7. The maximum Gasteiger partial charge on any atom is 0.343 e. The summed E-state index contributed by atoms with van der Waals surface area (Å²) in [5, 5.41) is 29.4. The highest BCUT2D eigenvalue weighted by atomic mass is 16.6. The fourth-order valence-electron chi connectivity index (χ4n) is 2.35. The summed E-state index contributed by atoms with van der Waals surface area (Å²) in [6, 6.07) is 2.71. The van der Waals surface area contributed by atoms with Crippen molar-refractivity contribution in [3.05, 3.63) is 34.2 Å². The average Bonchev–Trinajstić information content (AvgIpc) is 2.69. The fourth-order valence-corrected chi connectivity index (χ4v) is 2.35. The Hall–Kier alpha value is -1.74. The molecule has 1 aliphatic rings. The third-order valence-corrected chi connectivity index (χ3v) is 3.57. The van der Waals surface area contributed by atoms with Gasteiger partial charge in [0, 0.05) is 6.20 Å².